The van der Waals surface area contributed by atoms with Crippen LogP contribution >= 0.6 is 15.9 Å². The molecule has 0 unspecified atom stereocenters. The predicted octanol–water partition coefficient (Wildman–Crippen LogP) is 5.10. The predicted molar refractivity (Wildman–Crippen MR) is 113 cm³/mol. The fourth-order valence-corrected chi connectivity index (χ4v) is 4.33. The first-order valence-electron chi connectivity index (χ1n) is 10.1. The molecule has 1 aromatic heterocycles. The fourth-order valence-electron chi connectivity index (χ4n) is 3.91. The summed E-state index contributed by atoms with van der Waals surface area (Å²) in [7, 11) is 0. The monoisotopic (exact) mass is 428 g/mol. The molecule has 1 saturated heterocycles. The summed E-state index contributed by atoms with van der Waals surface area (Å²) in [5.41, 5.74) is 1.20. The molecule has 2 fully saturated rings. The van der Waals surface area contributed by atoms with Gasteiger partial charge in [-0.2, -0.15) is 15.0 Å². The maximum Gasteiger partial charge on any atom is 0.230 e. The lowest BCUT2D eigenvalue weighted by Crippen LogP contribution is -2.32. The SMILES string of the molecule is Brc1ccccc1CNc1nc(C2CCCCC2)nc(N2C[CH]CCC2)n1. The highest BCUT2D eigenvalue weighted by molar-refractivity contribution is 9.10. The van der Waals surface area contributed by atoms with Crippen LogP contribution in [0.15, 0.2) is 28.7 Å². The summed E-state index contributed by atoms with van der Waals surface area (Å²) < 4.78 is 1.10. The molecule has 2 aliphatic rings. The Labute approximate surface area is 170 Å². The summed E-state index contributed by atoms with van der Waals surface area (Å²) in [4.78, 5) is 16.7. The average Bonchev–Trinajstić information content (AvgIpc) is 2.74. The van der Waals surface area contributed by atoms with E-state index in [4.69, 9.17) is 15.0 Å². The molecule has 1 aliphatic carbocycles. The van der Waals surface area contributed by atoms with Crippen LogP contribution in [-0.4, -0.2) is 28.0 Å². The molecule has 0 bridgehead atoms. The van der Waals surface area contributed by atoms with E-state index >= 15 is 0 Å². The highest BCUT2D eigenvalue weighted by Crippen LogP contribution is 2.32. The van der Waals surface area contributed by atoms with Crippen molar-refractivity contribution in [1.82, 2.24) is 15.0 Å². The van der Waals surface area contributed by atoms with Crippen molar-refractivity contribution in [2.24, 2.45) is 0 Å². The first-order chi connectivity index (χ1) is 13.3. The van der Waals surface area contributed by atoms with E-state index in [1.165, 1.54) is 50.5 Å². The topological polar surface area (TPSA) is 53.9 Å². The molecule has 1 aromatic carbocycles. The molecule has 4 rings (SSSR count). The van der Waals surface area contributed by atoms with Gasteiger partial charge in [-0.15, -0.1) is 0 Å². The first-order valence-corrected chi connectivity index (χ1v) is 10.9. The lowest BCUT2D eigenvalue weighted by atomic mass is 9.89. The third-order valence-corrected chi connectivity index (χ3v) is 6.25. The van der Waals surface area contributed by atoms with Crippen molar-refractivity contribution in [1.29, 1.82) is 0 Å². The lowest BCUT2D eigenvalue weighted by Gasteiger charge is -2.28. The molecule has 1 radical (unpaired) electrons. The number of hydrogen-bond acceptors (Lipinski definition) is 5. The van der Waals surface area contributed by atoms with Crippen molar-refractivity contribution in [2.75, 3.05) is 23.3 Å². The Hall–Kier alpha value is -1.69. The van der Waals surface area contributed by atoms with Crippen LogP contribution in [0.2, 0.25) is 0 Å². The van der Waals surface area contributed by atoms with Crippen molar-refractivity contribution in [3.8, 4) is 0 Å². The number of nitrogens with one attached hydrogen (secondary N) is 1. The van der Waals surface area contributed by atoms with Gasteiger partial charge in [-0.05, 0) is 43.7 Å². The summed E-state index contributed by atoms with van der Waals surface area (Å²) in [6, 6.07) is 8.26. The van der Waals surface area contributed by atoms with E-state index in [1.54, 1.807) is 0 Å². The molecule has 2 aromatic rings. The number of piperidine rings is 1. The van der Waals surface area contributed by atoms with Crippen LogP contribution in [0.3, 0.4) is 0 Å². The van der Waals surface area contributed by atoms with Gasteiger partial charge in [0.15, 0.2) is 0 Å². The number of rotatable bonds is 5. The van der Waals surface area contributed by atoms with E-state index in [2.05, 4.69) is 50.8 Å². The summed E-state index contributed by atoms with van der Waals surface area (Å²) >= 11 is 3.62. The zero-order valence-electron chi connectivity index (χ0n) is 15.7. The van der Waals surface area contributed by atoms with E-state index < -0.39 is 0 Å². The summed E-state index contributed by atoms with van der Waals surface area (Å²) in [6.07, 6.45) is 11.0. The normalized spacial score (nSPS) is 18.5. The molecule has 5 nitrogen and oxygen atoms in total. The molecule has 143 valence electrons. The third kappa shape index (κ3) is 4.78. The molecule has 1 N–H and O–H groups in total. The standard InChI is InChI=1S/C21H27BrN5/c22-18-12-6-5-11-17(18)15-23-20-24-19(16-9-3-1-4-10-16)25-21(26-20)27-13-7-2-8-14-27/h5-7,11-12,16H,1-4,8-10,13-15H2,(H,23,24,25,26). The van der Waals surface area contributed by atoms with E-state index in [1.807, 2.05) is 6.07 Å². The van der Waals surface area contributed by atoms with Crippen LogP contribution in [0.5, 0.6) is 0 Å². The fraction of sp³-hybridized carbons (Fsp3) is 0.524. The summed E-state index contributed by atoms with van der Waals surface area (Å²) in [5.74, 6) is 2.97. The Balaban J connectivity index is 1.57. The van der Waals surface area contributed by atoms with Gasteiger partial charge in [0, 0.05) is 30.0 Å². The molecule has 0 spiro atoms. The van der Waals surface area contributed by atoms with Crippen LogP contribution in [0.1, 0.15) is 62.3 Å². The molecular weight excluding hydrogens is 402 g/mol. The third-order valence-electron chi connectivity index (χ3n) is 5.47. The maximum atomic E-state index is 4.89. The van der Waals surface area contributed by atoms with Gasteiger partial charge in [0.2, 0.25) is 11.9 Å². The Morgan fingerprint density at radius 2 is 1.89 bits per heavy atom. The molecule has 0 amide bonds. The number of aromatic nitrogens is 3. The molecule has 1 saturated carbocycles. The highest BCUT2D eigenvalue weighted by atomic mass is 79.9. The zero-order valence-corrected chi connectivity index (χ0v) is 17.3. The van der Waals surface area contributed by atoms with E-state index in [0.717, 1.165) is 29.3 Å². The first kappa shape index (κ1) is 18.7. The Morgan fingerprint density at radius 1 is 1.04 bits per heavy atom. The quantitative estimate of drug-likeness (QED) is 0.717. The molecule has 27 heavy (non-hydrogen) atoms. The Bertz CT molecular complexity index is 718. The number of halogens is 1. The van der Waals surface area contributed by atoms with Gasteiger partial charge in [0.25, 0.3) is 0 Å². The van der Waals surface area contributed by atoms with Crippen LogP contribution in [-0.2, 0) is 6.54 Å². The van der Waals surface area contributed by atoms with Crippen molar-refractivity contribution in [3.63, 3.8) is 0 Å². The minimum Gasteiger partial charge on any atom is -0.350 e. The van der Waals surface area contributed by atoms with Gasteiger partial charge in [-0.1, -0.05) is 53.4 Å². The van der Waals surface area contributed by atoms with Crippen LogP contribution in [0.25, 0.3) is 0 Å². The van der Waals surface area contributed by atoms with E-state index in [-0.39, 0.29) is 0 Å². The second-order valence-electron chi connectivity index (χ2n) is 7.47. The van der Waals surface area contributed by atoms with Crippen molar-refractivity contribution in [3.05, 3.63) is 46.5 Å². The van der Waals surface area contributed by atoms with Crippen LogP contribution < -0.4 is 10.2 Å². The minimum absolute atomic E-state index is 0.471. The second-order valence-corrected chi connectivity index (χ2v) is 8.33. The molecule has 1 aliphatic heterocycles. The largest absolute Gasteiger partial charge is 0.350 e. The minimum atomic E-state index is 0.471. The van der Waals surface area contributed by atoms with E-state index in [9.17, 15) is 0 Å². The molecule has 6 heteroatoms. The van der Waals surface area contributed by atoms with Gasteiger partial charge in [0.05, 0.1) is 0 Å². The number of hydrogen-bond donors (Lipinski definition) is 1. The van der Waals surface area contributed by atoms with E-state index in [0.29, 0.717) is 18.4 Å². The van der Waals surface area contributed by atoms with Gasteiger partial charge < -0.3 is 10.2 Å². The summed E-state index contributed by atoms with van der Waals surface area (Å²) in [6.45, 7) is 2.65. The van der Waals surface area contributed by atoms with Crippen LogP contribution in [0.4, 0.5) is 11.9 Å². The summed E-state index contributed by atoms with van der Waals surface area (Å²) in [5, 5.41) is 3.43. The second kappa shape index (κ2) is 9.00. The lowest BCUT2D eigenvalue weighted by molar-refractivity contribution is 0.427. The van der Waals surface area contributed by atoms with Crippen molar-refractivity contribution < 1.29 is 0 Å². The van der Waals surface area contributed by atoms with Gasteiger partial charge in [-0.3, -0.25) is 0 Å². The van der Waals surface area contributed by atoms with Crippen molar-refractivity contribution in [2.45, 2.75) is 57.4 Å². The smallest absolute Gasteiger partial charge is 0.230 e. The van der Waals surface area contributed by atoms with Crippen molar-refractivity contribution >= 4 is 27.8 Å². The number of anilines is 2. The van der Waals surface area contributed by atoms with Crippen LogP contribution in [0, 0.1) is 6.42 Å². The maximum absolute atomic E-state index is 4.89. The highest BCUT2D eigenvalue weighted by Gasteiger charge is 2.22. The van der Waals surface area contributed by atoms with Gasteiger partial charge in [-0.25, -0.2) is 0 Å². The zero-order chi connectivity index (χ0) is 18.5. The number of nitrogens with zero attached hydrogens (tertiary/aromatic N) is 4. The molecular formula is C21H27BrN5. The number of benzene rings is 1. The van der Waals surface area contributed by atoms with Gasteiger partial charge >= 0.3 is 0 Å². The molecule has 0 atom stereocenters. The Morgan fingerprint density at radius 3 is 2.67 bits per heavy atom. The Kier molecular flexibility index (Phi) is 6.22. The van der Waals surface area contributed by atoms with Gasteiger partial charge in [0.1, 0.15) is 5.82 Å². The molecule has 2 heterocycles. The average molecular weight is 429 g/mol.